The lowest BCUT2D eigenvalue weighted by Crippen LogP contribution is -2.00. The van der Waals surface area contributed by atoms with E-state index in [0.717, 1.165) is 12.1 Å². The number of anilines is 1. The van der Waals surface area contributed by atoms with Gasteiger partial charge in [-0.05, 0) is 37.9 Å². The van der Waals surface area contributed by atoms with Crippen molar-refractivity contribution in [1.82, 2.24) is 0 Å². The summed E-state index contributed by atoms with van der Waals surface area (Å²) in [6.45, 7) is 0.212. The first-order valence-electron chi connectivity index (χ1n) is 4.35. The Balaban J connectivity index is 2.80. The van der Waals surface area contributed by atoms with Crippen LogP contribution in [0.3, 0.4) is 0 Å². The standard InChI is InChI=1S/C10H9Br2F2NO/c1-15-10-7(13)4-6(5-8(10)14)16-3-2-9(11)12/h2,4-5,15H,3H2,1H3. The van der Waals surface area contributed by atoms with Crippen molar-refractivity contribution in [2.45, 2.75) is 0 Å². The summed E-state index contributed by atoms with van der Waals surface area (Å²) < 4.78 is 32.4. The SMILES string of the molecule is CNc1c(F)cc(OCC=C(Br)Br)cc1F. The van der Waals surface area contributed by atoms with Crippen molar-refractivity contribution in [3.63, 3.8) is 0 Å². The van der Waals surface area contributed by atoms with E-state index in [1.165, 1.54) is 7.05 Å². The van der Waals surface area contributed by atoms with Gasteiger partial charge in [0.25, 0.3) is 0 Å². The molecule has 0 saturated heterocycles. The fourth-order valence-electron chi connectivity index (χ4n) is 1.07. The second-order valence-corrected chi connectivity index (χ2v) is 5.59. The van der Waals surface area contributed by atoms with E-state index in [9.17, 15) is 8.78 Å². The molecule has 16 heavy (non-hydrogen) atoms. The molecule has 6 heteroatoms. The highest BCUT2D eigenvalue weighted by Crippen LogP contribution is 2.24. The van der Waals surface area contributed by atoms with Crippen molar-refractivity contribution in [2.75, 3.05) is 19.0 Å². The van der Waals surface area contributed by atoms with Crippen LogP contribution in [0, 0.1) is 11.6 Å². The summed E-state index contributed by atoms with van der Waals surface area (Å²) in [5.74, 6) is -1.22. The molecule has 1 rings (SSSR count). The molecule has 0 unspecified atom stereocenters. The third-order valence-electron chi connectivity index (χ3n) is 1.75. The average molecular weight is 357 g/mol. The Bertz CT molecular complexity index is 383. The summed E-state index contributed by atoms with van der Waals surface area (Å²) in [5, 5.41) is 2.43. The van der Waals surface area contributed by atoms with Crippen LogP contribution in [0.25, 0.3) is 0 Å². The molecule has 0 fully saturated rings. The highest BCUT2D eigenvalue weighted by molar-refractivity contribution is 9.28. The first kappa shape index (κ1) is 13.4. The van der Waals surface area contributed by atoms with Crippen LogP contribution in [0.2, 0.25) is 0 Å². The van der Waals surface area contributed by atoms with E-state index < -0.39 is 11.6 Å². The minimum absolute atomic E-state index is 0.145. The summed E-state index contributed by atoms with van der Waals surface area (Å²) in [4.78, 5) is 0. The number of halogens is 4. The maximum absolute atomic E-state index is 13.3. The van der Waals surface area contributed by atoms with Crippen LogP contribution in [-0.4, -0.2) is 13.7 Å². The number of nitrogens with one attached hydrogen (secondary N) is 1. The molecule has 0 spiro atoms. The Morgan fingerprint density at radius 2 is 1.94 bits per heavy atom. The van der Waals surface area contributed by atoms with Gasteiger partial charge in [-0.15, -0.1) is 0 Å². The molecule has 0 bridgehead atoms. The summed E-state index contributed by atoms with van der Waals surface area (Å²) in [6, 6.07) is 2.26. The molecule has 0 amide bonds. The molecule has 0 radical (unpaired) electrons. The zero-order valence-corrected chi connectivity index (χ0v) is 11.5. The van der Waals surface area contributed by atoms with Crippen molar-refractivity contribution in [3.05, 3.63) is 33.2 Å². The van der Waals surface area contributed by atoms with E-state index >= 15 is 0 Å². The van der Waals surface area contributed by atoms with Gasteiger partial charge in [0.05, 0.1) is 3.39 Å². The molecule has 1 aromatic carbocycles. The summed E-state index contributed by atoms with van der Waals surface area (Å²) in [7, 11) is 1.45. The Kier molecular flexibility index (Phi) is 5.21. The Morgan fingerprint density at radius 3 is 2.38 bits per heavy atom. The second kappa shape index (κ2) is 6.20. The van der Waals surface area contributed by atoms with Crippen molar-refractivity contribution < 1.29 is 13.5 Å². The van der Waals surface area contributed by atoms with Gasteiger partial charge >= 0.3 is 0 Å². The molecule has 0 aromatic heterocycles. The number of benzene rings is 1. The highest BCUT2D eigenvalue weighted by Gasteiger charge is 2.09. The average Bonchev–Trinajstić information content (AvgIpc) is 2.16. The zero-order chi connectivity index (χ0) is 12.1. The molecule has 1 N–H and O–H groups in total. The monoisotopic (exact) mass is 355 g/mol. The van der Waals surface area contributed by atoms with Crippen LogP contribution >= 0.6 is 31.9 Å². The zero-order valence-electron chi connectivity index (χ0n) is 8.36. The minimum Gasteiger partial charge on any atom is -0.489 e. The normalized spacial score (nSPS) is 9.81. The van der Waals surface area contributed by atoms with Gasteiger partial charge in [0.15, 0.2) is 11.6 Å². The fourth-order valence-corrected chi connectivity index (χ4v) is 1.34. The van der Waals surface area contributed by atoms with Crippen molar-refractivity contribution in [3.8, 4) is 5.75 Å². The maximum atomic E-state index is 13.3. The quantitative estimate of drug-likeness (QED) is 0.879. The molecular formula is C10H9Br2F2NO. The van der Waals surface area contributed by atoms with Gasteiger partial charge in [-0.3, -0.25) is 0 Å². The van der Waals surface area contributed by atoms with E-state index in [1.807, 2.05) is 0 Å². The lowest BCUT2D eigenvalue weighted by molar-refractivity contribution is 0.358. The molecule has 2 nitrogen and oxygen atoms in total. The summed E-state index contributed by atoms with van der Waals surface area (Å²) in [5.41, 5.74) is -0.162. The Labute approximate surface area is 109 Å². The first-order chi connectivity index (χ1) is 7.54. The second-order valence-electron chi connectivity index (χ2n) is 2.82. The number of rotatable bonds is 4. The smallest absolute Gasteiger partial charge is 0.152 e. The molecule has 0 saturated carbocycles. The Morgan fingerprint density at radius 1 is 1.38 bits per heavy atom. The third-order valence-corrected chi connectivity index (χ3v) is 2.40. The van der Waals surface area contributed by atoms with Crippen molar-refractivity contribution in [2.24, 2.45) is 0 Å². The van der Waals surface area contributed by atoms with Crippen LogP contribution in [0.5, 0.6) is 5.75 Å². The molecule has 88 valence electrons. The maximum Gasteiger partial charge on any atom is 0.152 e. The molecule has 0 aliphatic rings. The minimum atomic E-state index is -0.681. The highest BCUT2D eigenvalue weighted by atomic mass is 79.9. The van der Waals surface area contributed by atoms with E-state index in [4.69, 9.17) is 4.74 Å². The molecule has 0 atom stereocenters. The molecule has 0 heterocycles. The van der Waals surface area contributed by atoms with Gasteiger partial charge < -0.3 is 10.1 Å². The van der Waals surface area contributed by atoms with Crippen LogP contribution in [0.4, 0.5) is 14.5 Å². The summed E-state index contributed by atoms with van der Waals surface area (Å²) in [6.07, 6.45) is 1.67. The van der Waals surface area contributed by atoms with E-state index in [2.05, 4.69) is 37.2 Å². The first-order valence-corrected chi connectivity index (χ1v) is 5.94. The third kappa shape index (κ3) is 3.75. The lowest BCUT2D eigenvalue weighted by atomic mass is 10.2. The van der Waals surface area contributed by atoms with Gasteiger partial charge in [-0.1, -0.05) is 0 Å². The number of ether oxygens (including phenoxy) is 1. The van der Waals surface area contributed by atoms with Gasteiger partial charge in [-0.25, -0.2) is 8.78 Å². The van der Waals surface area contributed by atoms with E-state index in [-0.39, 0.29) is 18.0 Å². The van der Waals surface area contributed by atoms with Gasteiger partial charge in [0.1, 0.15) is 18.0 Å². The van der Waals surface area contributed by atoms with Crippen LogP contribution < -0.4 is 10.1 Å². The predicted molar refractivity (Wildman–Crippen MR) is 67.3 cm³/mol. The predicted octanol–water partition coefficient (Wildman–Crippen LogP) is 4.02. The molecule has 0 aliphatic carbocycles. The number of hydrogen-bond acceptors (Lipinski definition) is 2. The molecule has 1 aromatic rings. The van der Waals surface area contributed by atoms with Gasteiger partial charge in [-0.2, -0.15) is 0 Å². The fraction of sp³-hybridized carbons (Fsp3) is 0.200. The van der Waals surface area contributed by atoms with E-state index in [0.29, 0.717) is 3.39 Å². The van der Waals surface area contributed by atoms with Gasteiger partial charge in [0, 0.05) is 19.2 Å². The van der Waals surface area contributed by atoms with E-state index in [1.54, 1.807) is 6.08 Å². The number of hydrogen-bond donors (Lipinski definition) is 1. The lowest BCUT2D eigenvalue weighted by Gasteiger charge is -2.08. The van der Waals surface area contributed by atoms with Gasteiger partial charge in [0.2, 0.25) is 0 Å². The summed E-state index contributed by atoms with van der Waals surface area (Å²) >= 11 is 6.28. The Hall–Kier alpha value is -0.620. The van der Waals surface area contributed by atoms with Crippen molar-refractivity contribution >= 4 is 37.5 Å². The molecule has 0 aliphatic heterocycles. The van der Waals surface area contributed by atoms with Crippen LogP contribution in [0.1, 0.15) is 0 Å². The van der Waals surface area contributed by atoms with Crippen molar-refractivity contribution in [1.29, 1.82) is 0 Å². The van der Waals surface area contributed by atoms with Crippen LogP contribution in [0.15, 0.2) is 21.6 Å². The topological polar surface area (TPSA) is 21.3 Å². The van der Waals surface area contributed by atoms with Crippen LogP contribution in [-0.2, 0) is 0 Å². The molecular weight excluding hydrogens is 348 g/mol. The largest absolute Gasteiger partial charge is 0.489 e.